The monoisotopic (exact) mass is 277 g/mol. The van der Waals surface area contributed by atoms with Crippen molar-refractivity contribution in [1.82, 2.24) is 4.90 Å². The van der Waals surface area contributed by atoms with E-state index >= 15 is 0 Å². The van der Waals surface area contributed by atoms with Crippen LogP contribution in [0.2, 0.25) is 0 Å². The molecule has 2 rings (SSSR count). The summed E-state index contributed by atoms with van der Waals surface area (Å²) in [5.41, 5.74) is 2.23. The highest BCUT2D eigenvalue weighted by molar-refractivity contribution is 5.80. The predicted octanol–water partition coefficient (Wildman–Crippen LogP) is 1.92. The smallest absolute Gasteiger partial charge is 0.251 e. The highest BCUT2D eigenvalue weighted by Crippen LogP contribution is 2.30. The highest BCUT2D eigenvalue weighted by atomic mass is 16.5. The van der Waals surface area contributed by atoms with Crippen molar-refractivity contribution in [2.75, 3.05) is 20.2 Å². The minimum atomic E-state index is -0.365. The molecule has 0 saturated carbocycles. The number of likely N-dealkylation sites (tertiary alicyclic amines) is 1. The van der Waals surface area contributed by atoms with Crippen molar-refractivity contribution in [2.45, 2.75) is 38.4 Å². The maximum Gasteiger partial charge on any atom is 0.251 e. The molecule has 1 amide bonds. The van der Waals surface area contributed by atoms with Crippen LogP contribution in [0.3, 0.4) is 0 Å². The van der Waals surface area contributed by atoms with Gasteiger partial charge < -0.3 is 14.7 Å². The molecular weight excluding hydrogens is 254 g/mol. The summed E-state index contributed by atoms with van der Waals surface area (Å²) in [6.45, 7) is 3.39. The number of methoxy groups -OCH3 is 1. The first-order valence-corrected chi connectivity index (χ1v) is 7.17. The van der Waals surface area contributed by atoms with Crippen LogP contribution in [0, 0.1) is 0 Å². The third kappa shape index (κ3) is 3.19. The number of aliphatic hydroxyl groups is 1. The van der Waals surface area contributed by atoms with Gasteiger partial charge in [-0.3, -0.25) is 4.79 Å². The van der Waals surface area contributed by atoms with Crippen LogP contribution in [-0.2, 0) is 16.1 Å². The molecule has 0 radical (unpaired) electrons. The van der Waals surface area contributed by atoms with E-state index in [0.29, 0.717) is 5.92 Å². The van der Waals surface area contributed by atoms with Gasteiger partial charge in [-0.05, 0) is 36.8 Å². The van der Waals surface area contributed by atoms with Crippen molar-refractivity contribution < 1.29 is 14.6 Å². The number of carbonyl (C=O) groups excluding carboxylic acids is 1. The Kier molecular flexibility index (Phi) is 5.15. The van der Waals surface area contributed by atoms with Gasteiger partial charge in [0.25, 0.3) is 5.91 Å². The summed E-state index contributed by atoms with van der Waals surface area (Å²) >= 11 is 0. The number of aliphatic hydroxyl groups excluding tert-OH is 1. The van der Waals surface area contributed by atoms with Crippen molar-refractivity contribution in [3.63, 3.8) is 0 Å². The largest absolute Gasteiger partial charge is 0.392 e. The van der Waals surface area contributed by atoms with E-state index in [1.807, 2.05) is 23.1 Å². The van der Waals surface area contributed by atoms with Gasteiger partial charge in [-0.1, -0.05) is 24.3 Å². The molecule has 1 aliphatic rings. The third-order valence-electron chi connectivity index (χ3n) is 4.17. The van der Waals surface area contributed by atoms with Crippen molar-refractivity contribution in [3.05, 3.63) is 35.4 Å². The molecule has 1 atom stereocenters. The number of carbonyl (C=O) groups is 1. The molecule has 0 spiro atoms. The van der Waals surface area contributed by atoms with E-state index in [0.717, 1.165) is 31.5 Å². The molecule has 1 unspecified atom stereocenters. The minimum Gasteiger partial charge on any atom is -0.392 e. The Labute approximate surface area is 120 Å². The summed E-state index contributed by atoms with van der Waals surface area (Å²) in [6.07, 6.45) is 1.52. The number of hydrogen-bond acceptors (Lipinski definition) is 3. The second kappa shape index (κ2) is 6.86. The maximum atomic E-state index is 12.1. The Morgan fingerprint density at radius 1 is 1.40 bits per heavy atom. The number of amides is 1. The molecule has 0 aromatic heterocycles. The van der Waals surface area contributed by atoms with Gasteiger partial charge in [0.05, 0.1) is 6.61 Å². The van der Waals surface area contributed by atoms with Crippen LogP contribution in [0.1, 0.15) is 36.8 Å². The van der Waals surface area contributed by atoms with Crippen molar-refractivity contribution >= 4 is 5.91 Å². The topological polar surface area (TPSA) is 49.8 Å². The lowest BCUT2D eigenvalue weighted by atomic mass is 9.86. The number of ether oxygens (including phenoxy) is 1. The van der Waals surface area contributed by atoms with Crippen LogP contribution in [-0.4, -0.2) is 42.2 Å². The van der Waals surface area contributed by atoms with Crippen molar-refractivity contribution in [3.8, 4) is 0 Å². The maximum absolute atomic E-state index is 12.1. The van der Waals surface area contributed by atoms with E-state index in [1.165, 1.54) is 5.56 Å². The highest BCUT2D eigenvalue weighted by Gasteiger charge is 2.27. The average molecular weight is 277 g/mol. The number of rotatable bonds is 4. The van der Waals surface area contributed by atoms with Gasteiger partial charge in [0.1, 0.15) is 6.10 Å². The van der Waals surface area contributed by atoms with E-state index in [1.54, 1.807) is 14.0 Å². The van der Waals surface area contributed by atoms with E-state index in [2.05, 4.69) is 6.07 Å². The molecule has 1 fully saturated rings. The zero-order chi connectivity index (χ0) is 14.5. The Morgan fingerprint density at radius 3 is 2.65 bits per heavy atom. The lowest BCUT2D eigenvalue weighted by Crippen LogP contribution is -2.43. The second-order valence-electron chi connectivity index (χ2n) is 5.33. The summed E-state index contributed by atoms with van der Waals surface area (Å²) in [4.78, 5) is 13.9. The van der Waals surface area contributed by atoms with Crippen LogP contribution in [0.5, 0.6) is 0 Å². The molecule has 1 saturated heterocycles. The Morgan fingerprint density at radius 2 is 2.05 bits per heavy atom. The first kappa shape index (κ1) is 15.0. The van der Waals surface area contributed by atoms with Crippen molar-refractivity contribution in [1.29, 1.82) is 0 Å². The average Bonchev–Trinajstić information content (AvgIpc) is 2.53. The van der Waals surface area contributed by atoms with Gasteiger partial charge in [0, 0.05) is 20.2 Å². The zero-order valence-electron chi connectivity index (χ0n) is 12.2. The molecule has 1 aromatic carbocycles. The number of hydrogen-bond donors (Lipinski definition) is 1. The zero-order valence-corrected chi connectivity index (χ0v) is 12.2. The second-order valence-corrected chi connectivity index (χ2v) is 5.33. The Bertz CT molecular complexity index is 453. The van der Waals surface area contributed by atoms with E-state index in [9.17, 15) is 9.90 Å². The summed E-state index contributed by atoms with van der Waals surface area (Å²) in [6, 6.07) is 8.03. The molecular formula is C16H23NO3. The molecule has 1 N–H and O–H groups in total. The lowest BCUT2D eigenvalue weighted by molar-refractivity contribution is -0.142. The van der Waals surface area contributed by atoms with Gasteiger partial charge in [0.2, 0.25) is 0 Å². The minimum absolute atomic E-state index is 0.0707. The standard InChI is InChI=1S/C16H23NO3/c1-12(20-2)16(19)17-9-7-13(8-10-17)15-6-4-3-5-14(15)11-18/h3-6,12-13,18H,7-11H2,1-2H3. The molecule has 1 aromatic rings. The quantitative estimate of drug-likeness (QED) is 0.914. The summed E-state index contributed by atoms with van der Waals surface area (Å²) in [5, 5.41) is 9.41. The van der Waals surface area contributed by atoms with Gasteiger partial charge in [-0.15, -0.1) is 0 Å². The molecule has 4 heteroatoms. The summed E-state index contributed by atoms with van der Waals surface area (Å²) in [5.74, 6) is 0.502. The number of benzene rings is 1. The molecule has 1 heterocycles. The van der Waals surface area contributed by atoms with Gasteiger partial charge in [-0.25, -0.2) is 0 Å². The normalized spacial score (nSPS) is 18.1. The third-order valence-corrected chi connectivity index (χ3v) is 4.17. The van der Waals surface area contributed by atoms with Crippen LogP contribution in [0.15, 0.2) is 24.3 Å². The fourth-order valence-electron chi connectivity index (χ4n) is 2.85. The fraction of sp³-hybridized carbons (Fsp3) is 0.562. The number of nitrogens with zero attached hydrogens (tertiary/aromatic N) is 1. The number of piperidine rings is 1. The molecule has 0 aliphatic carbocycles. The molecule has 110 valence electrons. The van der Waals surface area contributed by atoms with Crippen LogP contribution < -0.4 is 0 Å². The van der Waals surface area contributed by atoms with Crippen LogP contribution >= 0.6 is 0 Å². The Balaban J connectivity index is 1.99. The summed E-state index contributed by atoms with van der Waals surface area (Å²) < 4.78 is 5.09. The lowest BCUT2D eigenvalue weighted by Gasteiger charge is -2.34. The molecule has 0 bridgehead atoms. The van der Waals surface area contributed by atoms with E-state index in [4.69, 9.17) is 4.74 Å². The molecule has 20 heavy (non-hydrogen) atoms. The fourth-order valence-corrected chi connectivity index (χ4v) is 2.85. The van der Waals surface area contributed by atoms with Gasteiger partial charge >= 0.3 is 0 Å². The van der Waals surface area contributed by atoms with E-state index < -0.39 is 0 Å². The first-order valence-electron chi connectivity index (χ1n) is 7.17. The van der Waals surface area contributed by atoms with Gasteiger partial charge in [0.15, 0.2) is 0 Å². The van der Waals surface area contributed by atoms with Gasteiger partial charge in [-0.2, -0.15) is 0 Å². The Hall–Kier alpha value is -1.39. The molecule has 4 nitrogen and oxygen atoms in total. The molecule has 1 aliphatic heterocycles. The van der Waals surface area contributed by atoms with Crippen LogP contribution in [0.4, 0.5) is 0 Å². The predicted molar refractivity (Wildman–Crippen MR) is 77.4 cm³/mol. The SMILES string of the molecule is COC(C)C(=O)N1CCC(c2ccccc2CO)CC1. The van der Waals surface area contributed by atoms with Crippen LogP contribution in [0.25, 0.3) is 0 Å². The van der Waals surface area contributed by atoms with Crippen molar-refractivity contribution in [2.24, 2.45) is 0 Å². The van der Waals surface area contributed by atoms with E-state index in [-0.39, 0.29) is 18.6 Å². The first-order chi connectivity index (χ1) is 9.67. The summed E-state index contributed by atoms with van der Waals surface area (Å²) in [7, 11) is 1.56.